The van der Waals surface area contributed by atoms with Gasteiger partial charge in [0.2, 0.25) is 0 Å². The van der Waals surface area contributed by atoms with Gasteiger partial charge in [-0.15, -0.1) is 0 Å². The number of aromatic nitrogens is 1. The fraction of sp³-hybridized carbons (Fsp3) is 0. The van der Waals surface area contributed by atoms with E-state index in [1.807, 2.05) is 18.2 Å². The van der Waals surface area contributed by atoms with Crippen molar-refractivity contribution in [1.29, 1.82) is 0 Å². The monoisotopic (exact) mass is 257 g/mol. The number of rotatable bonds is 1. The number of H-pyrrole nitrogens is 1. The molecule has 1 heterocycles. The zero-order valence-corrected chi connectivity index (χ0v) is 8.82. The standard InChI is InChI=1S/C9H5BrClNO/c10-6-1-2-7-5(3-6)4-8(12-7)9(11)13/h1-4,12H. The molecule has 0 aliphatic carbocycles. The lowest BCUT2D eigenvalue weighted by Gasteiger charge is -1.89. The molecule has 1 aromatic heterocycles. The number of hydrogen-bond acceptors (Lipinski definition) is 1. The molecule has 0 atom stereocenters. The highest BCUT2D eigenvalue weighted by Gasteiger charge is 2.05. The quantitative estimate of drug-likeness (QED) is 0.782. The van der Waals surface area contributed by atoms with Gasteiger partial charge in [-0.1, -0.05) is 15.9 Å². The number of carbonyl (C=O) groups is 1. The van der Waals surface area contributed by atoms with Crippen LogP contribution in [0.2, 0.25) is 0 Å². The summed E-state index contributed by atoms with van der Waals surface area (Å²) in [7, 11) is 0. The van der Waals surface area contributed by atoms with Gasteiger partial charge in [-0.3, -0.25) is 4.79 Å². The number of aromatic amines is 1. The Labute approximate surface area is 88.0 Å². The van der Waals surface area contributed by atoms with Crippen LogP contribution >= 0.6 is 27.5 Å². The summed E-state index contributed by atoms with van der Waals surface area (Å²) in [6.07, 6.45) is 0. The highest BCUT2D eigenvalue weighted by Crippen LogP contribution is 2.20. The SMILES string of the molecule is O=C(Cl)c1cc2cc(Br)ccc2[nH]1. The summed E-state index contributed by atoms with van der Waals surface area (Å²) in [5.41, 5.74) is 1.34. The topological polar surface area (TPSA) is 32.9 Å². The van der Waals surface area contributed by atoms with E-state index in [-0.39, 0.29) is 0 Å². The van der Waals surface area contributed by atoms with Crippen molar-refractivity contribution in [3.8, 4) is 0 Å². The third-order valence-corrected chi connectivity index (χ3v) is 2.49. The second-order valence-corrected chi connectivity index (χ2v) is 3.95. The molecule has 1 aromatic carbocycles. The third kappa shape index (κ3) is 1.62. The van der Waals surface area contributed by atoms with Crippen molar-refractivity contribution in [1.82, 2.24) is 4.98 Å². The van der Waals surface area contributed by atoms with Gasteiger partial charge >= 0.3 is 0 Å². The van der Waals surface area contributed by atoms with Crippen LogP contribution in [-0.4, -0.2) is 10.2 Å². The van der Waals surface area contributed by atoms with Crippen molar-refractivity contribution >= 4 is 43.7 Å². The number of benzene rings is 1. The zero-order valence-electron chi connectivity index (χ0n) is 6.47. The van der Waals surface area contributed by atoms with Crippen molar-refractivity contribution in [3.63, 3.8) is 0 Å². The van der Waals surface area contributed by atoms with Gasteiger partial charge in [0.25, 0.3) is 5.24 Å². The average molecular weight is 259 g/mol. The summed E-state index contributed by atoms with van der Waals surface area (Å²) >= 11 is 8.68. The fourth-order valence-corrected chi connectivity index (χ4v) is 1.69. The molecule has 2 nitrogen and oxygen atoms in total. The maximum absolute atomic E-state index is 10.8. The second kappa shape index (κ2) is 3.16. The summed E-state index contributed by atoms with van der Waals surface area (Å²) < 4.78 is 0.979. The first-order chi connectivity index (χ1) is 6.16. The number of nitrogens with one attached hydrogen (secondary N) is 1. The first kappa shape index (κ1) is 8.78. The van der Waals surface area contributed by atoms with Crippen molar-refractivity contribution in [2.45, 2.75) is 0 Å². The van der Waals surface area contributed by atoms with Crippen molar-refractivity contribution < 1.29 is 4.79 Å². The molecule has 0 unspecified atom stereocenters. The zero-order chi connectivity index (χ0) is 9.42. The molecular weight excluding hydrogens is 253 g/mol. The Morgan fingerprint density at radius 2 is 2.15 bits per heavy atom. The normalized spacial score (nSPS) is 10.6. The van der Waals surface area contributed by atoms with Crippen LogP contribution in [0.5, 0.6) is 0 Å². The van der Waals surface area contributed by atoms with Gasteiger partial charge in [-0.05, 0) is 35.9 Å². The summed E-state index contributed by atoms with van der Waals surface area (Å²) in [6, 6.07) is 7.45. The number of halogens is 2. The van der Waals surface area contributed by atoms with Crippen LogP contribution in [0.15, 0.2) is 28.7 Å². The molecule has 0 aliphatic rings. The van der Waals surface area contributed by atoms with Gasteiger partial charge in [0.05, 0.1) is 5.69 Å². The van der Waals surface area contributed by atoms with Gasteiger partial charge in [0.1, 0.15) is 0 Å². The lowest BCUT2D eigenvalue weighted by atomic mass is 10.2. The van der Waals surface area contributed by atoms with Crippen LogP contribution in [0.4, 0.5) is 0 Å². The smallest absolute Gasteiger partial charge is 0.268 e. The van der Waals surface area contributed by atoms with E-state index < -0.39 is 5.24 Å². The van der Waals surface area contributed by atoms with E-state index in [9.17, 15) is 4.79 Å². The number of fused-ring (bicyclic) bond motifs is 1. The van der Waals surface area contributed by atoms with E-state index in [1.54, 1.807) is 6.07 Å². The maximum Gasteiger partial charge on any atom is 0.268 e. The fourth-order valence-electron chi connectivity index (χ4n) is 1.21. The molecule has 2 aromatic rings. The summed E-state index contributed by atoms with van der Waals surface area (Å²) in [5, 5.41) is 0.505. The molecule has 0 aliphatic heterocycles. The van der Waals surface area contributed by atoms with Crippen LogP contribution in [0, 0.1) is 0 Å². The molecule has 0 saturated carbocycles. The van der Waals surface area contributed by atoms with Crippen LogP contribution in [0.25, 0.3) is 10.9 Å². The minimum absolute atomic E-state index is 0.426. The van der Waals surface area contributed by atoms with Crippen LogP contribution < -0.4 is 0 Å². The average Bonchev–Trinajstić information content (AvgIpc) is 2.46. The molecule has 0 amide bonds. The molecule has 0 spiro atoms. The van der Waals surface area contributed by atoms with Crippen molar-refractivity contribution in [3.05, 3.63) is 34.4 Å². The number of hydrogen-bond donors (Lipinski definition) is 1. The highest BCUT2D eigenvalue weighted by molar-refractivity contribution is 9.10. The predicted molar refractivity (Wildman–Crippen MR) is 56.2 cm³/mol. The predicted octanol–water partition coefficient (Wildman–Crippen LogP) is 3.31. The van der Waals surface area contributed by atoms with E-state index in [1.165, 1.54) is 0 Å². The molecule has 0 bridgehead atoms. The molecule has 0 radical (unpaired) electrons. The Kier molecular flexibility index (Phi) is 2.14. The first-order valence-electron chi connectivity index (χ1n) is 3.65. The molecule has 0 fully saturated rings. The van der Waals surface area contributed by atoms with Gasteiger partial charge in [0, 0.05) is 15.4 Å². The highest BCUT2D eigenvalue weighted by atomic mass is 79.9. The molecule has 1 N–H and O–H groups in total. The van der Waals surface area contributed by atoms with Crippen molar-refractivity contribution in [2.75, 3.05) is 0 Å². The summed E-state index contributed by atoms with van der Waals surface area (Å²) in [4.78, 5) is 13.7. The first-order valence-corrected chi connectivity index (χ1v) is 4.82. The maximum atomic E-state index is 10.8. The molecular formula is C9H5BrClNO. The third-order valence-electron chi connectivity index (χ3n) is 1.79. The second-order valence-electron chi connectivity index (χ2n) is 2.69. The molecule has 4 heteroatoms. The summed E-state index contributed by atoms with van der Waals surface area (Å²) in [5.74, 6) is 0. The van der Waals surface area contributed by atoms with Crippen LogP contribution in [0.1, 0.15) is 10.5 Å². The largest absolute Gasteiger partial charge is 0.351 e. The lowest BCUT2D eigenvalue weighted by molar-refractivity contribution is 0.107. The van der Waals surface area contributed by atoms with Crippen LogP contribution in [-0.2, 0) is 0 Å². The Bertz CT molecular complexity index is 477. The lowest BCUT2D eigenvalue weighted by Crippen LogP contribution is -1.85. The van der Waals surface area contributed by atoms with Gasteiger partial charge < -0.3 is 4.98 Å². The van der Waals surface area contributed by atoms with Gasteiger partial charge in [-0.25, -0.2) is 0 Å². The van der Waals surface area contributed by atoms with Crippen molar-refractivity contribution in [2.24, 2.45) is 0 Å². The summed E-state index contributed by atoms with van der Waals surface area (Å²) in [6.45, 7) is 0. The van der Waals surface area contributed by atoms with Gasteiger partial charge in [-0.2, -0.15) is 0 Å². The molecule has 2 rings (SSSR count). The molecule has 13 heavy (non-hydrogen) atoms. The van der Waals surface area contributed by atoms with E-state index in [0.29, 0.717) is 5.69 Å². The van der Waals surface area contributed by atoms with E-state index in [0.717, 1.165) is 15.4 Å². The Morgan fingerprint density at radius 3 is 2.85 bits per heavy atom. The van der Waals surface area contributed by atoms with Gasteiger partial charge in [0.15, 0.2) is 0 Å². The van der Waals surface area contributed by atoms with E-state index in [4.69, 9.17) is 11.6 Å². The number of carbonyl (C=O) groups excluding carboxylic acids is 1. The van der Waals surface area contributed by atoms with E-state index >= 15 is 0 Å². The van der Waals surface area contributed by atoms with E-state index in [2.05, 4.69) is 20.9 Å². The minimum atomic E-state index is -0.465. The molecule has 0 saturated heterocycles. The van der Waals surface area contributed by atoms with Crippen LogP contribution in [0.3, 0.4) is 0 Å². The Morgan fingerprint density at radius 1 is 1.38 bits per heavy atom. The molecule has 66 valence electrons. The minimum Gasteiger partial charge on any atom is -0.351 e. The Balaban J connectivity index is 2.68. The Hall–Kier alpha value is -0.800.